The number of amides is 2. The summed E-state index contributed by atoms with van der Waals surface area (Å²) in [6.45, 7) is 12.0. The highest BCUT2D eigenvalue weighted by Gasteiger charge is 2.15. The average Bonchev–Trinajstić information content (AvgIpc) is 2.62. The van der Waals surface area contributed by atoms with E-state index in [2.05, 4.69) is 15.8 Å². The molecule has 0 bridgehead atoms. The van der Waals surface area contributed by atoms with E-state index in [0.717, 1.165) is 27.8 Å². The lowest BCUT2D eigenvalue weighted by Crippen LogP contribution is -2.32. The quantitative estimate of drug-likeness (QED) is 0.504. The van der Waals surface area contributed by atoms with Gasteiger partial charge in [0.15, 0.2) is 0 Å². The van der Waals surface area contributed by atoms with Gasteiger partial charge in [0.25, 0.3) is 0 Å². The van der Waals surface area contributed by atoms with Gasteiger partial charge in [0.2, 0.25) is 0 Å². The maximum atomic E-state index is 12.1. The van der Waals surface area contributed by atoms with E-state index in [-0.39, 0.29) is 0 Å². The molecule has 0 fully saturated rings. The van der Waals surface area contributed by atoms with Gasteiger partial charge >= 0.3 is 11.8 Å². The Morgan fingerprint density at radius 1 is 0.769 bits per heavy atom. The maximum absolute atomic E-state index is 12.1. The summed E-state index contributed by atoms with van der Waals surface area (Å²) >= 11 is 0. The van der Waals surface area contributed by atoms with E-state index in [1.165, 1.54) is 11.1 Å². The molecule has 0 aliphatic carbocycles. The van der Waals surface area contributed by atoms with Gasteiger partial charge in [-0.25, -0.2) is 5.43 Å². The lowest BCUT2D eigenvalue weighted by Gasteiger charge is -2.11. The van der Waals surface area contributed by atoms with Crippen LogP contribution in [0, 0.1) is 41.5 Å². The molecule has 0 saturated heterocycles. The molecule has 0 aliphatic heterocycles. The molecule has 0 aromatic heterocycles. The van der Waals surface area contributed by atoms with Gasteiger partial charge in [-0.1, -0.05) is 18.2 Å². The number of nitrogens with zero attached hydrogens (tertiary/aromatic N) is 1. The monoisotopic (exact) mass is 351 g/mol. The SMILES string of the molecule is Cc1ccc(/C=N/NC(=O)C(=O)Nc2ccc(C)c(C)c2C)c(C)c1C. The molecule has 0 unspecified atom stereocenters. The third kappa shape index (κ3) is 4.17. The van der Waals surface area contributed by atoms with Crippen LogP contribution in [0.2, 0.25) is 0 Å². The molecule has 0 aliphatic rings. The third-order valence-corrected chi connectivity index (χ3v) is 4.98. The minimum atomic E-state index is -0.805. The van der Waals surface area contributed by atoms with E-state index in [4.69, 9.17) is 0 Å². The van der Waals surface area contributed by atoms with Crippen LogP contribution in [-0.4, -0.2) is 18.0 Å². The van der Waals surface area contributed by atoms with Crippen molar-refractivity contribution in [3.05, 3.63) is 63.2 Å². The summed E-state index contributed by atoms with van der Waals surface area (Å²) in [4.78, 5) is 24.0. The van der Waals surface area contributed by atoms with Crippen molar-refractivity contribution in [2.45, 2.75) is 41.5 Å². The lowest BCUT2D eigenvalue weighted by atomic mass is 10.00. The Bertz CT molecular complexity index is 899. The summed E-state index contributed by atoms with van der Waals surface area (Å²) < 4.78 is 0. The molecule has 5 nitrogen and oxygen atoms in total. The minimum absolute atomic E-state index is 0.627. The molecule has 0 heterocycles. The molecule has 136 valence electrons. The van der Waals surface area contributed by atoms with E-state index in [1.807, 2.05) is 59.7 Å². The van der Waals surface area contributed by atoms with E-state index in [0.29, 0.717) is 5.69 Å². The van der Waals surface area contributed by atoms with Crippen LogP contribution in [0.3, 0.4) is 0 Å². The van der Waals surface area contributed by atoms with Crippen LogP contribution in [0.5, 0.6) is 0 Å². The van der Waals surface area contributed by atoms with E-state index >= 15 is 0 Å². The molecule has 0 saturated carbocycles. The van der Waals surface area contributed by atoms with Crippen molar-refractivity contribution < 1.29 is 9.59 Å². The summed E-state index contributed by atoms with van der Waals surface area (Å²) in [6.07, 6.45) is 1.55. The van der Waals surface area contributed by atoms with Crippen molar-refractivity contribution >= 4 is 23.7 Å². The number of hydrogen-bond acceptors (Lipinski definition) is 3. The second kappa shape index (κ2) is 7.95. The lowest BCUT2D eigenvalue weighted by molar-refractivity contribution is -0.136. The molecule has 0 atom stereocenters. The van der Waals surface area contributed by atoms with Crippen molar-refractivity contribution in [3.63, 3.8) is 0 Å². The number of hydrogen-bond donors (Lipinski definition) is 2. The fraction of sp³-hybridized carbons (Fsp3) is 0.286. The van der Waals surface area contributed by atoms with Crippen LogP contribution in [-0.2, 0) is 9.59 Å². The number of benzene rings is 2. The van der Waals surface area contributed by atoms with Crippen LogP contribution in [0.4, 0.5) is 5.69 Å². The Morgan fingerprint density at radius 2 is 1.35 bits per heavy atom. The normalized spacial score (nSPS) is 10.8. The van der Waals surface area contributed by atoms with Crippen molar-refractivity contribution in [2.75, 3.05) is 5.32 Å². The second-order valence-electron chi connectivity index (χ2n) is 6.55. The number of anilines is 1. The zero-order valence-corrected chi connectivity index (χ0v) is 16.2. The third-order valence-electron chi connectivity index (χ3n) is 4.98. The van der Waals surface area contributed by atoms with Crippen LogP contribution in [0.1, 0.15) is 38.9 Å². The topological polar surface area (TPSA) is 70.6 Å². The number of hydrazone groups is 1. The molecule has 0 spiro atoms. The molecule has 2 N–H and O–H groups in total. The smallest absolute Gasteiger partial charge is 0.317 e. The van der Waals surface area contributed by atoms with E-state index in [1.54, 1.807) is 12.3 Å². The first-order valence-electron chi connectivity index (χ1n) is 8.50. The molecular formula is C21H25N3O2. The first-order valence-corrected chi connectivity index (χ1v) is 8.50. The Morgan fingerprint density at radius 3 is 2.00 bits per heavy atom. The second-order valence-corrected chi connectivity index (χ2v) is 6.55. The first kappa shape index (κ1) is 19.4. The highest BCUT2D eigenvalue weighted by molar-refractivity contribution is 6.39. The molecule has 26 heavy (non-hydrogen) atoms. The van der Waals surface area contributed by atoms with Gasteiger partial charge in [0.05, 0.1) is 6.21 Å². The molecule has 2 aromatic carbocycles. The zero-order chi connectivity index (χ0) is 19.4. The molecule has 5 heteroatoms. The summed E-state index contributed by atoms with van der Waals surface area (Å²) in [5.41, 5.74) is 10.5. The van der Waals surface area contributed by atoms with Gasteiger partial charge in [0, 0.05) is 5.69 Å². The molecule has 0 radical (unpaired) electrons. The Balaban J connectivity index is 2.03. The largest absolute Gasteiger partial charge is 0.329 e. The number of carbonyl (C=O) groups is 2. The number of nitrogens with one attached hydrogen (secondary N) is 2. The highest BCUT2D eigenvalue weighted by atomic mass is 16.2. The van der Waals surface area contributed by atoms with Gasteiger partial charge in [-0.05, 0) is 86.6 Å². The Labute approximate surface area is 154 Å². The van der Waals surface area contributed by atoms with Crippen molar-refractivity contribution in [1.82, 2.24) is 5.43 Å². The summed E-state index contributed by atoms with van der Waals surface area (Å²) in [6, 6.07) is 7.65. The van der Waals surface area contributed by atoms with Crippen LogP contribution >= 0.6 is 0 Å². The minimum Gasteiger partial charge on any atom is -0.317 e. The fourth-order valence-corrected chi connectivity index (χ4v) is 2.60. The molecule has 2 rings (SSSR count). The van der Waals surface area contributed by atoms with Crippen LogP contribution in [0.15, 0.2) is 29.4 Å². The van der Waals surface area contributed by atoms with Gasteiger partial charge in [-0.15, -0.1) is 0 Å². The summed E-state index contributed by atoms with van der Waals surface area (Å²) in [5, 5.41) is 6.53. The Hall–Kier alpha value is -2.95. The molecule has 2 aromatic rings. The number of carbonyl (C=O) groups excluding carboxylic acids is 2. The standard InChI is InChI=1S/C21H25N3O2/c1-12-7-9-18(16(5)14(12)3)11-22-24-21(26)20(25)23-19-10-8-13(2)15(4)17(19)6/h7-11H,1-6H3,(H,23,25)(H,24,26)/b22-11+. The molecular weight excluding hydrogens is 326 g/mol. The van der Waals surface area contributed by atoms with Crippen molar-refractivity contribution in [3.8, 4) is 0 Å². The maximum Gasteiger partial charge on any atom is 0.329 e. The number of aryl methyl sites for hydroxylation is 2. The zero-order valence-electron chi connectivity index (χ0n) is 16.2. The number of rotatable bonds is 3. The van der Waals surface area contributed by atoms with Crippen LogP contribution in [0.25, 0.3) is 0 Å². The van der Waals surface area contributed by atoms with E-state index in [9.17, 15) is 9.59 Å². The summed E-state index contributed by atoms with van der Waals surface area (Å²) in [7, 11) is 0. The summed E-state index contributed by atoms with van der Waals surface area (Å²) in [5.74, 6) is -1.55. The van der Waals surface area contributed by atoms with Gasteiger partial charge in [-0.2, -0.15) is 5.10 Å². The van der Waals surface area contributed by atoms with Gasteiger partial charge < -0.3 is 5.32 Å². The predicted molar refractivity (Wildman–Crippen MR) is 106 cm³/mol. The fourth-order valence-electron chi connectivity index (χ4n) is 2.60. The van der Waals surface area contributed by atoms with Gasteiger partial charge in [0.1, 0.15) is 0 Å². The van der Waals surface area contributed by atoms with Crippen molar-refractivity contribution in [2.24, 2.45) is 5.10 Å². The van der Waals surface area contributed by atoms with Crippen LogP contribution < -0.4 is 10.7 Å². The average molecular weight is 351 g/mol. The highest BCUT2D eigenvalue weighted by Crippen LogP contribution is 2.21. The van der Waals surface area contributed by atoms with E-state index < -0.39 is 11.8 Å². The van der Waals surface area contributed by atoms with Crippen molar-refractivity contribution in [1.29, 1.82) is 0 Å². The predicted octanol–water partition coefficient (Wildman–Crippen LogP) is 3.63. The molecule has 2 amide bonds. The van der Waals surface area contributed by atoms with Gasteiger partial charge in [-0.3, -0.25) is 9.59 Å². The first-order chi connectivity index (χ1) is 12.2. The Kier molecular flexibility index (Phi) is 5.93.